The molecule has 0 radical (unpaired) electrons. The summed E-state index contributed by atoms with van der Waals surface area (Å²) in [6.07, 6.45) is -0.412. The predicted molar refractivity (Wildman–Crippen MR) is 88.4 cm³/mol. The van der Waals surface area contributed by atoms with Crippen LogP contribution in [0.25, 0.3) is 0 Å². The van der Waals surface area contributed by atoms with Crippen molar-refractivity contribution in [2.45, 2.75) is 65.2 Å². The van der Waals surface area contributed by atoms with E-state index in [0.29, 0.717) is 6.54 Å². The largest absolute Gasteiger partial charge is 0.458 e. The summed E-state index contributed by atoms with van der Waals surface area (Å²) in [5, 5.41) is 5.36. The molecule has 0 fully saturated rings. The summed E-state index contributed by atoms with van der Waals surface area (Å²) in [4.78, 5) is 24.0. The predicted octanol–water partition coefficient (Wildman–Crippen LogP) is 1.44. The average molecular weight is 333 g/mol. The first-order valence-corrected chi connectivity index (χ1v) is 7.46. The van der Waals surface area contributed by atoms with Crippen molar-refractivity contribution in [2.75, 3.05) is 6.54 Å². The van der Waals surface area contributed by atoms with Crippen LogP contribution in [0.15, 0.2) is 0 Å². The number of alkyl carbamates (subject to hydrolysis) is 1. The smallest absolute Gasteiger partial charge is 0.408 e. The first-order chi connectivity index (χ1) is 9.80. The number of nitrogens with two attached hydrogens (primary N) is 1. The first kappa shape index (κ1) is 20.4. The van der Waals surface area contributed by atoms with Gasteiger partial charge in [-0.2, -0.15) is 0 Å². The van der Waals surface area contributed by atoms with E-state index in [9.17, 15) is 9.59 Å². The molecule has 0 unspecified atom stereocenters. The molecule has 7 nitrogen and oxygen atoms in total. The van der Waals surface area contributed by atoms with Crippen LogP contribution in [-0.2, 0) is 14.3 Å². The van der Waals surface area contributed by atoms with Crippen LogP contribution in [0.3, 0.4) is 0 Å². The van der Waals surface area contributed by atoms with Gasteiger partial charge in [-0.1, -0.05) is 0 Å². The molecule has 0 heterocycles. The number of ether oxygens (including phenoxy) is 2. The van der Waals surface area contributed by atoms with Crippen LogP contribution in [0.4, 0.5) is 4.79 Å². The number of carbonyl (C=O) groups excluding carboxylic acids is 2. The van der Waals surface area contributed by atoms with E-state index in [1.165, 1.54) is 0 Å². The highest BCUT2D eigenvalue weighted by Crippen LogP contribution is 2.11. The molecule has 0 saturated carbocycles. The number of rotatable bonds is 5. The summed E-state index contributed by atoms with van der Waals surface area (Å²) in [7, 11) is 0. The highest BCUT2D eigenvalue weighted by atomic mass is 32.1. The number of hydrogen-bond acceptors (Lipinski definition) is 5. The fraction of sp³-hybridized carbons (Fsp3) is 0.786. The summed E-state index contributed by atoms with van der Waals surface area (Å²) in [6, 6.07) is -0.851. The van der Waals surface area contributed by atoms with Crippen molar-refractivity contribution in [3.05, 3.63) is 0 Å². The van der Waals surface area contributed by atoms with Crippen molar-refractivity contribution >= 4 is 29.4 Å². The second-order valence-corrected chi connectivity index (χ2v) is 7.25. The molecule has 4 N–H and O–H groups in total. The fourth-order valence-corrected chi connectivity index (χ4v) is 1.51. The number of nitrogens with one attached hydrogen (secondary N) is 2. The molecule has 0 bridgehead atoms. The number of thiocarbonyl (C=S) groups is 1. The molecule has 0 aromatic carbocycles. The summed E-state index contributed by atoms with van der Waals surface area (Å²) < 4.78 is 10.4. The Bertz CT molecular complexity index is 413. The van der Waals surface area contributed by atoms with Gasteiger partial charge in [0, 0.05) is 6.54 Å². The lowest BCUT2D eigenvalue weighted by Gasteiger charge is -2.26. The fourth-order valence-electron chi connectivity index (χ4n) is 1.41. The molecule has 0 aromatic rings. The third-order valence-electron chi connectivity index (χ3n) is 2.11. The topological polar surface area (TPSA) is 103 Å². The standard InChI is InChI=1S/C14H27N3O4S/c1-13(2,3)20-10(18)9(7-8-16-11(15)22)17-12(19)21-14(4,5)6/h9H,7-8H2,1-6H3,(H,17,19)(H3,15,16,22)/t9-/m0/s1. The Morgan fingerprint density at radius 3 is 2.00 bits per heavy atom. The molecular formula is C14H27N3O4S. The van der Waals surface area contributed by atoms with Crippen LogP contribution in [-0.4, -0.2) is 41.0 Å². The van der Waals surface area contributed by atoms with E-state index >= 15 is 0 Å². The van der Waals surface area contributed by atoms with E-state index in [1.54, 1.807) is 41.5 Å². The summed E-state index contributed by atoms with van der Waals surface area (Å²) in [5.74, 6) is -0.539. The van der Waals surface area contributed by atoms with Crippen LogP contribution in [0, 0.1) is 0 Å². The Morgan fingerprint density at radius 1 is 1.09 bits per heavy atom. The average Bonchev–Trinajstić information content (AvgIpc) is 2.21. The third-order valence-corrected chi connectivity index (χ3v) is 2.26. The van der Waals surface area contributed by atoms with Crippen LogP contribution < -0.4 is 16.4 Å². The zero-order valence-corrected chi connectivity index (χ0v) is 14.9. The van der Waals surface area contributed by atoms with Gasteiger partial charge >= 0.3 is 12.1 Å². The Kier molecular flexibility index (Phi) is 7.58. The maximum atomic E-state index is 12.2. The van der Waals surface area contributed by atoms with Gasteiger partial charge in [0.25, 0.3) is 0 Å². The van der Waals surface area contributed by atoms with Crippen LogP contribution in [0.5, 0.6) is 0 Å². The molecule has 0 rings (SSSR count). The molecule has 0 saturated heterocycles. The molecule has 0 aromatic heterocycles. The number of amides is 1. The van der Waals surface area contributed by atoms with Gasteiger partial charge in [0.1, 0.15) is 17.2 Å². The van der Waals surface area contributed by atoms with Gasteiger partial charge in [0.05, 0.1) is 0 Å². The lowest BCUT2D eigenvalue weighted by atomic mass is 10.1. The van der Waals surface area contributed by atoms with Crippen molar-refractivity contribution in [1.29, 1.82) is 0 Å². The minimum atomic E-state index is -0.851. The van der Waals surface area contributed by atoms with Crippen molar-refractivity contribution in [3.8, 4) is 0 Å². The first-order valence-electron chi connectivity index (χ1n) is 7.06. The minimum absolute atomic E-state index is 0.125. The Balaban J connectivity index is 4.74. The molecule has 0 aliphatic rings. The number of esters is 1. The molecule has 128 valence electrons. The van der Waals surface area contributed by atoms with Crippen LogP contribution in [0.2, 0.25) is 0 Å². The molecule has 8 heteroatoms. The quantitative estimate of drug-likeness (QED) is 0.517. The lowest BCUT2D eigenvalue weighted by Crippen LogP contribution is -2.47. The Labute approximate surface area is 137 Å². The van der Waals surface area contributed by atoms with E-state index in [1.807, 2.05) is 0 Å². The molecular weight excluding hydrogens is 306 g/mol. The van der Waals surface area contributed by atoms with E-state index < -0.39 is 29.3 Å². The summed E-state index contributed by atoms with van der Waals surface area (Å²) in [5.41, 5.74) is 4.03. The molecule has 0 aliphatic carbocycles. The zero-order chi connectivity index (χ0) is 17.6. The van der Waals surface area contributed by atoms with Crippen molar-refractivity contribution in [2.24, 2.45) is 5.73 Å². The highest BCUT2D eigenvalue weighted by molar-refractivity contribution is 7.80. The van der Waals surface area contributed by atoms with Crippen molar-refractivity contribution in [1.82, 2.24) is 10.6 Å². The Hall–Kier alpha value is -1.57. The lowest BCUT2D eigenvalue weighted by molar-refractivity contribution is -0.157. The third kappa shape index (κ3) is 11.1. The maximum absolute atomic E-state index is 12.2. The monoisotopic (exact) mass is 333 g/mol. The van der Waals surface area contributed by atoms with Crippen molar-refractivity contribution < 1.29 is 19.1 Å². The van der Waals surface area contributed by atoms with Crippen LogP contribution in [0.1, 0.15) is 48.0 Å². The molecule has 1 atom stereocenters. The van der Waals surface area contributed by atoms with Gasteiger partial charge in [0.2, 0.25) is 0 Å². The van der Waals surface area contributed by atoms with E-state index in [4.69, 9.17) is 27.4 Å². The van der Waals surface area contributed by atoms with Gasteiger partial charge in [-0.3, -0.25) is 0 Å². The van der Waals surface area contributed by atoms with E-state index in [-0.39, 0.29) is 11.5 Å². The highest BCUT2D eigenvalue weighted by Gasteiger charge is 2.28. The summed E-state index contributed by atoms with van der Waals surface area (Å²) in [6.45, 7) is 10.8. The molecule has 22 heavy (non-hydrogen) atoms. The number of hydrogen-bond donors (Lipinski definition) is 3. The molecule has 0 aliphatic heterocycles. The normalized spacial score (nSPS) is 13.0. The maximum Gasteiger partial charge on any atom is 0.408 e. The molecule has 1 amide bonds. The second kappa shape index (κ2) is 8.17. The van der Waals surface area contributed by atoms with Gasteiger partial charge in [-0.15, -0.1) is 0 Å². The van der Waals surface area contributed by atoms with E-state index in [2.05, 4.69) is 10.6 Å². The zero-order valence-electron chi connectivity index (χ0n) is 14.1. The van der Waals surface area contributed by atoms with E-state index in [0.717, 1.165) is 0 Å². The van der Waals surface area contributed by atoms with Gasteiger partial charge < -0.3 is 25.8 Å². The minimum Gasteiger partial charge on any atom is -0.458 e. The SMILES string of the molecule is CC(C)(C)OC(=O)N[C@@H](CCNC(N)=S)C(=O)OC(C)(C)C. The van der Waals surface area contributed by atoms with Gasteiger partial charge in [-0.05, 0) is 60.2 Å². The van der Waals surface area contributed by atoms with Gasteiger partial charge in [-0.25, -0.2) is 9.59 Å². The Morgan fingerprint density at radius 2 is 1.59 bits per heavy atom. The van der Waals surface area contributed by atoms with Crippen molar-refractivity contribution in [3.63, 3.8) is 0 Å². The second-order valence-electron chi connectivity index (χ2n) is 6.81. The van der Waals surface area contributed by atoms with Gasteiger partial charge in [0.15, 0.2) is 5.11 Å². The summed E-state index contributed by atoms with van der Waals surface area (Å²) >= 11 is 4.70. The molecule has 0 spiro atoms. The van der Waals surface area contributed by atoms with Crippen LogP contribution >= 0.6 is 12.2 Å². The number of carbonyl (C=O) groups is 2.